The summed E-state index contributed by atoms with van der Waals surface area (Å²) in [6.45, 7) is 1.55. The van der Waals surface area contributed by atoms with E-state index in [-0.39, 0.29) is 11.9 Å². The fraction of sp³-hybridized carbons (Fsp3) is 0.458. The van der Waals surface area contributed by atoms with Crippen LogP contribution >= 0.6 is 0 Å². The van der Waals surface area contributed by atoms with Gasteiger partial charge in [-0.2, -0.15) is 0 Å². The number of piperidine rings is 1. The Hall–Kier alpha value is -2.69. The average Bonchev–Trinajstić information content (AvgIpc) is 3.25. The molecule has 154 valence electrons. The molecule has 5 nitrogen and oxygen atoms in total. The highest BCUT2D eigenvalue weighted by atomic mass is 16.5. The van der Waals surface area contributed by atoms with Crippen molar-refractivity contribution < 1.29 is 19.0 Å². The average molecular weight is 395 g/mol. The molecule has 2 heterocycles. The second kappa shape index (κ2) is 8.76. The molecular weight excluding hydrogens is 366 g/mol. The molecule has 0 bridgehead atoms. The van der Waals surface area contributed by atoms with Crippen LogP contribution in [0.5, 0.6) is 17.2 Å². The van der Waals surface area contributed by atoms with Crippen LogP contribution in [0.15, 0.2) is 36.4 Å². The van der Waals surface area contributed by atoms with E-state index in [1.807, 2.05) is 30.3 Å². The number of aryl methyl sites for hydroxylation is 1. The molecule has 5 heteroatoms. The molecule has 1 fully saturated rings. The lowest BCUT2D eigenvalue weighted by molar-refractivity contribution is 0.0602. The highest BCUT2D eigenvalue weighted by Gasteiger charge is 2.28. The van der Waals surface area contributed by atoms with Crippen LogP contribution in [0.3, 0.4) is 0 Å². The lowest BCUT2D eigenvalue weighted by Gasteiger charge is -2.36. The molecular formula is C24H29NO4. The number of likely N-dealkylation sites (tertiary alicyclic amines) is 1. The van der Waals surface area contributed by atoms with E-state index in [0.29, 0.717) is 6.61 Å². The molecule has 2 aliphatic heterocycles. The third-order valence-corrected chi connectivity index (χ3v) is 6.04. The molecule has 0 radical (unpaired) electrons. The van der Waals surface area contributed by atoms with Crippen molar-refractivity contribution in [3.63, 3.8) is 0 Å². The van der Waals surface area contributed by atoms with E-state index in [4.69, 9.17) is 14.2 Å². The number of hydrogen-bond acceptors (Lipinski definition) is 4. The standard InChI is InChI=1S/C24H29NO4/c1-27-22-10-7-17(15-23(22)28-2)6-9-20-5-3-4-13-25(20)24(26)19-8-11-21-18(16-19)12-14-29-21/h7-8,10-11,15-16,20H,3-6,9,12-14H2,1-2H3. The summed E-state index contributed by atoms with van der Waals surface area (Å²) in [5.41, 5.74) is 3.14. The molecule has 2 aromatic carbocycles. The minimum atomic E-state index is 0.150. The van der Waals surface area contributed by atoms with E-state index < -0.39 is 0 Å². The number of hydrogen-bond donors (Lipinski definition) is 0. The lowest BCUT2D eigenvalue weighted by Crippen LogP contribution is -2.44. The Morgan fingerprint density at radius 1 is 1.10 bits per heavy atom. The fourth-order valence-electron chi connectivity index (χ4n) is 4.42. The first-order valence-electron chi connectivity index (χ1n) is 10.5. The maximum atomic E-state index is 13.3. The third kappa shape index (κ3) is 4.19. The molecule has 0 saturated carbocycles. The predicted octanol–water partition coefficient (Wildman–Crippen LogP) is 4.27. The van der Waals surface area contributed by atoms with Gasteiger partial charge in [0.15, 0.2) is 11.5 Å². The summed E-state index contributed by atoms with van der Waals surface area (Å²) in [5.74, 6) is 2.56. The van der Waals surface area contributed by atoms with E-state index in [9.17, 15) is 4.79 Å². The van der Waals surface area contributed by atoms with Crippen molar-refractivity contribution in [1.29, 1.82) is 0 Å². The summed E-state index contributed by atoms with van der Waals surface area (Å²) < 4.78 is 16.3. The van der Waals surface area contributed by atoms with Crippen LogP contribution in [0.1, 0.15) is 47.2 Å². The monoisotopic (exact) mass is 395 g/mol. The maximum Gasteiger partial charge on any atom is 0.254 e. The van der Waals surface area contributed by atoms with Gasteiger partial charge >= 0.3 is 0 Å². The number of ether oxygens (including phenoxy) is 3. The Balaban J connectivity index is 1.45. The van der Waals surface area contributed by atoms with Crippen LogP contribution in [-0.2, 0) is 12.8 Å². The molecule has 2 aromatic rings. The highest BCUT2D eigenvalue weighted by molar-refractivity contribution is 5.95. The Labute approximate surface area is 172 Å². The first kappa shape index (κ1) is 19.6. The van der Waals surface area contributed by atoms with Gasteiger partial charge in [0.1, 0.15) is 5.75 Å². The molecule has 1 unspecified atom stereocenters. The predicted molar refractivity (Wildman–Crippen MR) is 112 cm³/mol. The molecule has 0 N–H and O–H groups in total. The van der Waals surface area contributed by atoms with Gasteiger partial charge in [-0.25, -0.2) is 0 Å². The summed E-state index contributed by atoms with van der Waals surface area (Å²) in [7, 11) is 3.30. The second-order valence-electron chi connectivity index (χ2n) is 7.80. The van der Waals surface area contributed by atoms with Gasteiger partial charge in [-0.1, -0.05) is 6.07 Å². The van der Waals surface area contributed by atoms with Gasteiger partial charge in [0.05, 0.1) is 20.8 Å². The van der Waals surface area contributed by atoms with Crippen molar-refractivity contribution >= 4 is 5.91 Å². The maximum absolute atomic E-state index is 13.3. The zero-order valence-electron chi connectivity index (χ0n) is 17.3. The topological polar surface area (TPSA) is 48.0 Å². The van der Waals surface area contributed by atoms with Gasteiger partial charge in [0.2, 0.25) is 0 Å². The van der Waals surface area contributed by atoms with Gasteiger partial charge in [0.25, 0.3) is 5.91 Å². The minimum Gasteiger partial charge on any atom is -0.493 e. The van der Waals surface area contributed by atoms with Crippen LogP contribution < -0.4 is 14.2 Å². The van der Waals surface area contributed by atoms with Crippen LogP contribution in [-0.4, -0.2) is 44.2 Å². The number of nitrogens with zero attached hydrogens (tertiary/aromatic N) is 1. The van der Waals surface area contributed by atoms with E-state index in [1.165, 1.54) is 12.0 Å². The number of carbonyl (C=O) groups excluding carboxylic acids is 1. The SMILES string of the molecule is COc1ccc(CCC2CCCCN2C(=O)c2ccc3c(c2)CCO3)cc1OC. The van der Waals surface area contributed by atoms with E-state index in [1.54, 1.807) is 14.2 Å². The molecule has 1 saturated heterocycles. The fourth-order valence-corrected chi connectivity index (χ4v) is 4.42. The minimum absolute atomic E-state index is 0.150. The summed E-state index contributed by atoms with van der Waals surface area (Å²) in [4.78, 5) is 15.3. The van der Waals surface area contributed by atoms with Crippen LogP contribution in [0.2, 0.25) is 0 Å². The molecule has 0 aromatic heterocycles. The summed E-state index contributed by atoms with van der Waals surface area (Å²) in [6.07, 6.45) is 6.07. The van der Waals surface area contributed by atoms with Crippen LogP contribution in [0, 0.1) is 0 Å². The number of fused-ring (bicyclic) bond motifs is 1. The highest BCUT2D eigenvalue weighted by Crippen LogP contribution is 2.30. The van der Waals surface area contributed by atoms with Crippen molar-refractivity contribution in [1.82, 2.24) is 4.90 Å². The molecule has 4 rings (SSSR count). The summed E-state index contributed by atoms with van der Waals surface area (Å²) in [5, 5.41) is 0. The van der Waals surface area contributed by atoms with E-state index in [0.717, 1.165) is 67.0 Å². The Kier molecular flexibility index (Phi) is 5.93. The number of rotatable bonds is 6. The number of methoxy groups -OCH3 is 2. The zero-order valence-corrected chi connectivity index (χ0v) is 17.3. The van der Waals surface area contributed by atoms with Crippen LogP contribution in [0.4, 0.5) is 0 Å². The number of carbonyl (C=O) groups is 1. The number of amides is 1. The van der Waals surface area contributed by atoms with Crippen molar-refractivity contribution in [3.8, 4) is 17.2 Å². The van der Waals surface area contributed by atoms with Crippen molar-refractivity contribution in [2.24, 2.45) is 0 Å². The first-order chi connectivity index (χ1) is 14.2. The molecule has 1 atom stereocenters. The zero-order chi connectivity index (χ0) is 20.2. The van der Waals surface area contributed by atoms with E-state index in [2.05, 4.69) is 11.0 Å². The smallest absolute Gasteiger partial charge is 0.254 e. The Morgan fingerprint density at radius 3 is 2.79 bits per heavy atom. The summed E-state index contributed by atoms with van der Waals surface area (Å²) in [6, 6.07) is 12.2. The van der Waals surface area contributed by atoms with Gasteiger partial charge in [-0.05, 0) is 73.6 Å². The van der Waals surface area contributed by atoms with Crippen molar-refractivity contribution in [3.05, 3.63) is 53.1 Å². The summed E-state index contributed by atoms with van der Waals surface area (Å²) >= 11 is 0. The molecule has 29 heavy (non-hydrogen) atoms. The molecule has 1 amide bonds. The molecule has 0 spiro atoms. The van der Waals surface area contributed by atoms with Crippen LogP contribution in [0.25, 0.3) is 0 Å². The van der Waals surface area contributed by atoms with E-state index >= 15 is 0 Å². The van der Waals surface area contributed by atoms with Gasteiger partial charge in [0, 0.05) is 24.6 Å². The van der Waals surface area contributed by atoms with Gasteiger partial charge in [-0.3, -0.25) is 4.79 Å². The quantitative estimate of drug-likeness (QED) is 0.733. The normalized spacial score (nSPS) is 18.1. The van der Waals surface area contributed by atoms with Gasteiger partial charge in [-0.15, -0.1) is 0 Å². The number of benzene rings is 2. The molecule has 2 aliphatic rings. The Morgan fingerprint density at radius 2 is 1.97 bits per heavy atom. The lowest BCUT2D eigenvalue weighted by atomic mass is 9.94. The largest absolute Gasteiger partial charge is 0.493 e. The Bertz CT molecular complexity index is 879. The molecule has 0 aliphatic carbocycles. The van der Waals surface area contributed by atoms with Crippen molar-refractivity contribution in [2.45, 2.75) is 44.6 Å². The first-order valence-corrected chi connectivity index (χ1v) is 10.5. The third-order valence-electron chi connectivity index (χ3n) is 6.04. The van der Waals surface area contributed by atoms with Gasteiger partial charge < -0.3 is 19.1 Å². The van der Waals surface area contributed by atoms with Crippen molar-refractivity contribution in [2.75, 3.05) is 27.4 Å². The second-order valence-corrected chi connectivity index (χ2v) is 7.80.